The van der Waals surface area contributed by atoms with Gasteiger partial charge in [0.1, 0.15) is 0 Å². The van der Waals surface area contributed by atoms with Crippen molar-refractivity contribution < 1.29 is 0 Å². The monoisotopic (exact) mass is 768 g/mol. The van der Waals surface area contributed by atoms with Crippen LogP contribution in [0.15, 0.2) is 171 Å². The fourth-order valence-electron chi connectivity index (χ4n) is 8.28. The number of benzene rings is 6. The van der Waals surface area contributed by atoms with Crippen molar-refractivity contribution in [1.29, 1.82) is 0 Å². The number of rotatable bonds is 6. The van der Waals surface area contributed by atoms with Gasteiger partial charge in [-0.15, -0.1) is 0 Å². The molecule has 0 unspecified atom stereocenters. The van der Waals surface area contributed by atoms with Crippen molar-refractivity contribution >= 4 is 54.1 Å². The summed E-state index contributed by atoms with van der Waals surface area (Å²) >= 11 is 0. The lowest BCUT2D eigenvalue weighted by Gasteiger charge is -2.17. The number of aromatic nitrogens is 10. The first-order chi connectivity index (χ1) is 29.7. The van der Waals surface area contributed by atoms with Gasteiger partial charge in [0.2, 0.25) is 0 Å². The molecule has 10 nitrogen and oxygen atoms in total. The molecule has 12 rings (SSSR count). The Kier molecular flexibility index (Phi) is 7.60. The average Bonchev–Trinajstić information content (AvgIpc) is 3.33. The van der Waals surface area contributed by atoms with Gasteiger partial charge in [-0.2, -0.15) is 0 Å². The molecule has 60 heavy (non-hydrogen) atoms. The standard InChI is InChI=1S/C50H28N10/c1-5-37(33-7-3-23-53-41(33)9-1)47-55-45(31-19-25-51-26-20-31)57-49(59-47)39-17-13-29-12-16-36-40(18-14-30-11-15-35(39)43(29)44(30)36)50-58-46(32-21-27-52-28-22-32)56-48(60-50)38-6-2-10-42-34(38)8-4-24-54-42/h1-28H. The number of nitrogens with zero attached hydrogens (tertiary/aromatic N) is 10. The Labute approximate surface area is 341 Å². The van der Waals surface area contributed by atoms with E-state index in [4.69, 9.17) is 29.9 Å². The minimum atomic E-state index is 0.559. The third kappa shape index (κ3) is 5.50. The Morgan fingerprint density at radius 1 is 0.267 bits per heavy atom. The highest BCUT2D eigenvalue weighted by Crippen LogP contribution is 2.42. The largest absolute Gasteiger partial charge is 0.265 e. The van der Waals surface area contributed by atoms with Crippen LogP contribution < -0.4 is 0 Å². The van der Waals surface area contributed by atoms with Gasteiger partial charge in [-0.1, -0.05) is 72.8 Å². The van der Waals surface area contributed by atoms with Gasteiger partial charge in [0, 0.05) is 81.3 Å². The molecule has 0 radical (unpaired) electrons. The van der Waals surface area contributed by atoms with Crippen LogP contribution in [0, 0.1) is 0 Å². The van der Waals surface area contributed by atoms with Crippen LogP contribution in [0.1, 0.15) is 0 Å². The van der Waals surface area contributed by atoms with Gasteiger partial charge in [-0.25, -0.2) is 29.9 Å². The van der Waals surface area contributed by atoms with Gasteiger partial charge >= 0.3 is 0 Å². The van der Waals surface area contributed by atoms with Crippen LogP contribution in [0.25, 0.3) is 122 Å². The fourth-order valence-corrected chi connectivity index (χ4v) is 8.28. The van der Waals surface area contributed by atoms with E-state index in [0.717, 1.165) is 87.5 Å². The molecule has 0 saturated heterocycles. The third-order valence-corrected chi connectivity index (χ3v) is 11.1. The molecule has 0 spiro atoms. The summed E-state index contributed by atoms with van der Waals surface area (Å²) in [6.45, 7) is 0. The molecule has 0 saturated carbocycles. The minimum absolute atomic E-state index is 0.559. The zero-order valence-corrected chi connectivity index (χ0v) is 31.6. The SMILES string of the molecule is c1cc(-c2nc(-c3ccncc3)nc(-c3ccc4ccc5c(-c6nc(-c7ccncc7)nc(-c7cccc8ncccc78)n6)ccc6ccc3c4c65)n2)c2cccnc2c1. The van der Waals surface area contributed by atoms with Crippen molar-refractivity contribution in [2.24, 2.45) is 0 Å². The smallest absolute Gasteiger partial charge is 0.164 e. The van der Waals surface area contributed by atoms with Crippen molar-refractivity contribution in [3.8, 4) is 68.3 Å². The average molecular weight is 769 g/mol. The Morgan fingerprint density at radius 3 is 1.08 bits per heavy atom. The van der Waals surface area contributed by atoms with Crippen molar-refractivity contribution in [1.82, 2.24) is 49.8 Å². The highest BCUT2D eigenvalue weighted by atomic mass is 15.0. The highest BCUT2D eigenvalue weighted by molar-refractivity contribution is 6.27. The number of pyridine rings is 4. The summed E-state index contributed by atoms with van der Waals surface area (Å²) < 4.78 is 0. The number of hydrogen-bond donors (Lipinski definition) is 0. The quantitative estimate of drug-likeness (QED) is 0.151. The first kappa shape index (κ1) is 33.6. The van der Waals surface area contributed by atoms with Gasteiger partial charge < -0.3 is 0 Å². The second-order valence-electron chi connectivity index (χ2n) is 14.5. The first-order valence-corrected chi connectivity index (χ1v) is 19.5. The molecule has 0 aliphatic heterocycles. The third-order valence-electron chi connectivity index (χ3n) is 11.1. The highest BCUT2D eigenvalue weighted by Gasteiger charge is 2.21. The van der Waals surface area contributed by atoms with E-state index in [0.29, 0.717) is 34.9 Å². The molecular weight excluding hydrogens is 741 g/mol. The van der Waals surface area contributed by atoms with E-state index in [2.05, 4.69) is 80.6 Å². The molecule has 0 aliphatic rings. The van der Waals surface area contributed by atoms with Crippen LogP contribution >= 0.6 is 0 Å². The molecule has 6 aromatic heterocycles. The van der Waals surface area contributed by atoms with Crippen molar-refractivity contribution in [2.45, 2.75) is 0 Å². The molecule has 10 heteroatoms. The van der Waals surface area contributed by atoms with Crippen molar-refractivity contribution in [2.75, 3.05) is 0 Å². The maximum atomic E-state index is 5.19. The molecular formula is C50H28N10. The molecule has 0 atom stereocenters. The maximum absolute atomic E-state index is 5.19. The Balaban J connectivity index is 1.09. The molecule has 0 fully saturated rings. The number of hydrogen-bond acceptors (Lipinski definition) is 10. The van der Waals surface area contributed by atoms with E-state index in [-0.39, 0.29) is 0 Å². The maximum Gasteiger partial charge on any atom is 0.164 e. The summed E-state index contributed by atoms with van der Waals surface area (Å²) in [4.78, 5) is 48.4. The normalized spacial score (nSPS) is 11.7. The summed E-state index contributed by atoms with van der Waals surface area (Å²) in [5.74, 6) is 3.39. The van der Waals surface area contributed by atoms with E-state index in [1.165, 1.54) is 0 Å². The summed E-state index contributed by atoms with van der Waals surface area (Å²) in [5, 5.41) is 8.40. The first-order valence-electron chi connectivity index (χ1n) is 19.5. The summed E-state index contributed by atoms with van der Waals surface area (Å²) in [7, 11) is 0. The van der Waals surface area contributed by atoms with Crippen molar-refractivity contribution in [3.05, 3.63) is 171 Å². The Hall–Kier alpha value is -8.50. The molecule has 6 aromatic carbocycles. The summed E-state index contributed by atoms with van der Waals surface area (Å²) in [5.41, 5.74) is 6.98. The summed E-state index contributed by atoms with van der Waals surface area (Å²) in [6.07, 6.45) is 10.6. The second-order valence-corrected chi connectivity index (χ2v) is 14.5. The zero-order chi connectivity index (χ0) is 39.6. The molecule has 278 valence electrons. The number of fused-ring (bicyclic) bond motifs is 2. The molecule has 0 bridgehead atoms. The summed E-state index contributed by atoms with van der Waals surface area (Å²) in [6, 6.07) is 44.9. The van der Waals surface area contributed by atoms with Gasteiger partial charge in [-0.3, -0.25) is 19.9 Å². The Bertz CT molecular complexity index is 3370. The van der Waals surface area contributed by atoms with Gasteiger partial charge in [0.15, 0.2) is 34.9 Å². The van der Waals surface area contributed by atoms with Gasteiger partial charge in [0.25, 0.3) is 0 Å². The Morgan fingerprint density at radius 2 is 0.650 bits per heavy atom. The second kappa shape index (κ2) is 13.6. The van der Waals surface area contributed by atoms with E-state index < -0.39 is 0 Å². The zero-order valence-electron chi connectivity index (χ0n) is 31.6. The molecule has 6 heterocycles. The molecule has 0 aliphatic carbocycles. The van der Waals surface area contributed by atoms with Crippen LogP contribution in [0.5, 0.6) is 0 Å². The molecule has 0 N–H and O–H groups in total. The van der Waals surface area contributed by atoms with Crippen molar-refractivity contribution in [3.63, 3.8) is 0 Å². The lowest BCUT2D eigenvalue weighted by Crippen LogP contribution is -2.02. The lowest BCUT2D eigenvalue weighted by molar-refractivity contribution is 1.08. The predicted octanol–water partition coefficient (Wildman–Crippen LogP) is 10.8. The van der Waals surface area contributed by atoms with Gasteiger partial charge in [-0.05, 0) is 93.0 Å². The van der Waals surface area contributed by atoms with E-state index in [1.54, 1.807) is 37.2 Å². The van der Waals surface area contributed by atoms with E-state index in [9.17, 15) is 0 Å². The topological polar surface area (TPSA) is 129 Å². The van der Waals surface area contributed by atoms with Crippen LogP contribution in [0.2, 0.25) is 0 Å². The van der Waals surface area contributed by atoms with E-state index >= 15 is 0 Å². The van der Waals surface area contributed by atoms with Crippen LogP contribution in [-0.4, -0.2) is 49.8 Å². The van der Waals surface area contributed by atoms with Crippen LogP contribution in [0.4, 0.5) is 0 Å². The minimum Gasteiger partial charge on any atom is -0.265 e. The predicted molar refractivity (Wildman–Crippen MR) is 236 cm³/mol. The molecule has 12 aromatic rings. The molecule has 0 amide bonds. The fraction of sp³-hybridized carbons (Fsp3) is 0. The van der Waals surface area contributed by atoms with Crippen LogP contribution in [0.3, 0.4) is 0 Å². The van der Waals surface area contributed by atoms with Crippen LogP contribution in [-0.2, 0) is 0 Å². The van der Waals surface area contributed by atoms with Gasteiger partial charge in [0.05, 0.1) is 11.0 Å². The lowest BCUT2D eigenvalue weighted by atomic mass is 9.89. The van der Waals surface area contributed by atoms with E-state index in [1.807, 2.05) is 72.8 Å².